The van der Waals surface area contributed by atoms with Gasteiger partial charge in [0.15, 0.2) is 0 Å². The summed E-state index contributed by atoms with van der Waals surface area (Å²) < 4.78 is 0. The lowest BCUT2D eigenvalue weighted by Gasteiger charge is -2.06. The molecule has 0 aromatic heterocycles. The monoisotopic (exact) mass is 194 g/mol. The maximum atomic E-state index is 4.92. The first-order valence-corrected chi connectivity index (χ1v) is 1.51. The Kier molecular flexibility index (Phi) is 84.7. The van der Waals surface area contributed by atoms with E-state index in [2.05, 4.69) is 10.9 Å². The van der Waals surface area contributed by atoms with E-state index in [-0.39, 0.29) is 33.3 Å². The zero-order chi connectivity index (χ0) is 5.86. The number of rotatable bonds is 0. The van der Waals surface area contributed by atoms with Gasteiger partial charge in [-0.15, -0.1) is 5.10 Å². The van der Waals surface area contributed by atoms with Crippen molar-refractivity contribution in [2.75, 3.05) is 0 Å². The largest absolute Gasteiger partial charge is 0.412 e. The molecule has 0 bridgehead atoms. The zero-order valence-corrected chi connectivity index (χ0v) is 6.20. The topological polar surface area (TPSA) is 277 Å². The lowest BCUT2D eigenvalue weighted by Crippen LogP contribution is -2.48. The van der Waals surface area contributed by atoms with E-state index in [0.29, 0.717) is 5.12 Å². The van der Waals surface area contributed by atoms with Gasteiger partial charge < -0.3 is 39.0 Å². The van der Waals surface area contributed by atoms with Crippen molar-refractivity contribution in [3.8, 4) is 0 Å². The highest BCUT2D eigenvalue weighted by atomic mass is 16.0. The summed E-state index contributed by atoms with van der Waals surface area (Å²) >= 11 is 0. The fourth-order valence-corrected chi connectivity index (χ4v) is 0.0667. The van der Waals surface area contributed by atoms with E-state index in [1.807, 2.05) is 0 Å². The lowest BCUT2D eigenvalue weighted by molar-refractivity contribution is 0.457. The van der Waals surface area contributed by atoms with E-state index in [1.54, 1.807) is 0 Å². The van der Waals surface area contributed by atoms with E-state index in [9.17, 15) is 0 Å². The van der Waals surface area contributed by atoms with Crippen LogP contribution in [0.3, 0.4) is 0 Å². The van der Waals surface area contributed by atoms with Crippen molar-refractivity contribution in [2.24, 2.45) is 28.4 Å². The van der Waals surface area contributed by atoms with Gasteiger partial charge in [0.05, 0.1) is 0 Å². The molecule has 0 aromatic rings. The third-order valence-electron chi connectivity index (χ3n) is 0.397. The molecule has 0 fully saturated rings. The minimum Gasteiger partial charge on any atom is -0.412 e. The first-order chi connectivity index (χ1) is 3.18. The summed E-state index contributed by atoms with van der Waals surface area (Å²) in [6.07, 6.45) is 0. The average molecular weight is 194 g/mol. The van der Waals surface area contributed by atoms with Crippen LogP contribution in [0.25, 0.3) is 0 Å². The Bertz CT molecular complexity index is 84.0. The fourth-order valence-electron chi connectivity index (χ4n) is 0.0667. The highest BCUT2D eigenvalue weighted by Gasteiger charge is 1.88. The predicted molar refractivity (Wildman–Crippen MR) is 44.1 cm³/mol. The van der Waals surface area contributed by atoms with Crippen molar-refractivity contribution in [2.45, 2.75) is 0 Å². The molecule has 82 valence electrons. The molecule has 11 heteroatoms. The molecule has 0 aromatic carbocycles. The molecule has 0 atom stereocenters. The number of nitrogens with zero attached hydrogens (tertiary/aromatic N) is 2. The average Bonchev–Trinajstić information content (AvgIpc) is 1.65. The van der Waals surface area contributed by atoms with Crippen LogP contribution in [0.15, 0.2) is 5.10 Å². The van der Waals surface area contributed by atoms with Crippen LogP contribution >= 0.6 is 0 Å². The molecule has 18 N–H and O–H groups in total. The maximum absolute atomic E-state index is 4.92. The van der Waals surface area contributed by atoms with E-state index < -0.39 is 0 Å². The molecular weight excluding hydrogens is 176 g/mol. The summed E-state index contributed by atoms with van der Waals surface area (Å²) in [5.74, 6) is 14.2. The lowest BCUT2D eigenvalue weighted by atomic mass is 11.0. The Balaban J connectivity index is -0.0000000180. The summed E-state index contributed by atoms with van der Waals surface area (Å²) in [5, 5.41) is 3.58. The van der Waals surface area contributed by atoms with Gasteiger partial charge in [0.25, 0.3) is 0 Å². The van der Waals surface area contributed by atoms with Gasteiger partial charge in [0, 0.05) is 0 Å². The summed E-state index contributed by atoms with van der Waals surface area (Å²) in [7, 11) is 0. The van der Waals surface area contributed by atoms with Crippen molar-refractivity contribution >= 4 is 5.96 Å². The highest BCUT2D eigenvalue weighted by molar-refractivity contribution is 5.76. The Morgan fingerprint density at radius 2 is 1.17 bits per heavy atom. The Morgan fingerprint density at radius 3 is 1.17 bits per heavy atom. The second-order valence-electron chi connectivity index (χ2n) is 0.895. The molecule has 0 saturated heterocycles. The summed E-state index contributed by atoms with van der Waals surface area (Å²) in [5.41, 5.74) is 4.92. The smallest absolute Gasteiger partial charge is 0.242 e. The third-order valence-corrected chi connectivity index (χ3v) is 0.397. The molecule has 0 heterocycles. The molecule has 11 nitrogen and oxygen atoms in total. The van der Waals surface area contributed by atoms with Gasteiger partial charge in [0.2, 0.25) is 5.96 Å². The quantitative estimate of drug-likeness (QED) is 0.126. The molecule has 0 amide bonds. The number of hydrazone groups is 1. The van der Waals surface area contributed by atoms with Crippen LogP contribution in [0.2, 0.25) is 0 Å². The SMILES string of the molecule is NN=C(N)N(N)N.O.O.O.O.O. The van der Waals surface area contributed by atoms with Gasteiger partial charge in [-0.2, -0.15) is 0 Å². The minimum atomic E-state index is -0.111. The van der Waals surface area contributed by atoms with Crippen molar-refractivity contribution in [3.05, 3.63) is 0 Å². The van der Waals surface area contributed by atoms with E-state index in [0.717, 1.165) is 0 Å². The van der Waals surface area contributed by atoms with Crippen LogP contribution in [0.4, 0.5) is 0 Å². The van der Waals surface area contributed by atoms with Gasteiger partial charge in [-0.05, 0) is 0 Å². The molecule has 0 rings (SSSR count). The summed E-state index contributed by atoms with van der Waals surface area (Å²) in [4.78, 5) is 0. The Labute approximate surface area is 68.1 Å². The first-order valence-electron chi connectivity index (χ1n) is 1.51. The predicted octanol–water partition coefficient (Wildman–Crippen LogP) is -6.90. The second kappa shape index (κ2) is 22.6. The molecule has 0 unspecified atom stereocenters. The van der Waals surface area contributed by atoms with Crippen molar-refractivity contribution in [1.29, 1.82) is 0 Å². The highest BCUT2D eigenvalue weighted by Crippen LogP contribution is 1.55. The van der Waals surface area contributed by atoms with Crippen LogP contribution in [0, 0.1) is 0 Å². The molecular formula is CH18N6O5. The molecule has 0 spiro atoms. The number of guanidine groups is 1. The Morgan fingerprint density at radius 1 is 0.917 bits per heavy atom. The fraction of sp³-hybridized carbons (Fsp3) is 0. The van der Waals surface area contributed by atoms with Crippen LogP contribution in [-0.4, -0.2) is 38.5 Å². The van der Waals surface area contributed by atoms with Crippen molar-refractivity contribution in [1.82, 2.24) is 5.12 Å². The van der Waals surface area contributed by atoms with E-state index in [1.165, 1.54) is 0 Å². The molecule has 12 heavy (non-hydrogen) atoms. The van der Waals surface area contributed by atoms with Crippen LogP contribution in [-0.2, 0) is 0 Å². The van der Waals surface area contributed by atoms with E-state index >= 15 is 0 Å². The van der Waals surface area contributed by atoms with Crippen LogP contribution < -0.4 is 23.3 Å². The third kappa shape index (κ3) is 23.2. The van der Waals surface area contributed by atoms with Gasteiger partial charge in [0.1, 0.15) is 0 Å². The summed E-state index contributed by atoms with van der Waals surface area (Å²) in [6.45, 7) is 0. The normalized spacial score (nSPS) is 6.67. The van der Waals surface area contributed by atoms with Crippen LogP contribution in [0.5, 0.6) is 0 Å². The summed E-state index contributed by atoms with van der Waals surface area (Å²) in [6, 6.07) is 0. The maximum Gasteiger partial charge on any atom is 0.242 e. The first kappa shape index (κ1) is 45.1. The molecule has 0 aliphatic heterocycles. The number of hydrazine groups is 2. The number of nitrogens with two attached hydrogens (primary N) is 4. The molecule has 0 saturated carbocycles. The van der Waals surface area contributed by atoms with Crippen molar-refractivity contribution < 1.29 is 27.4 Å². The number of hydrogen-bond donors (Lipinski definition) is 4. The Hall–Kier alpha value is -1.21. The molecule has 0 aliphatic rings. The van der Waals surface area contributed by atoms with Gasteiger partial charge in [-0.3, -0.25) is 0 Å². The van der Waals surface area contributed by atoms with Gasteiger partial charge in [-0.25, -0.2) is 16.8 Å². The number of hydrogen-bond acceptors (Lipinski definition) is 4. The zero-order valence-electron chi connectivity index (χ0n) is 6.20. The van der Waals surface area contributed by atoms with Crippen LogP contribution in [0.1, 0.15) is 0 Å². The minimum absolute atomic E-state index is 0. The molecule has 0 aliphatic carbocycles. The standard InChI is InChI=1S/CH8N6.5H2O/c2-1(6-3)7(4)5;;;;;/h3-5H2,(H2,2,6);5*1H2. The second-order valence-corrected chi connectivity index (χ2v) is 0.895. The van der Waals surface area contributed by atoms with E-state index in [4.69, 9.17) is 17.4 Å². The van der Waals surface area contributed by atoms with Gasteiger partial charge in [-0.1, -0.05) is 0 Å². The van der Waals surface area contributed by atoms with Gasteiger partial charge >= 0.3 is 0 Å². The van der Waals surface area contributed by atoms with Crippen molar-refractivity contribution in [3.63, 3.8) is 0 Å². The molecule has 0 radical (unpaired) electrons.